The van der Waals surface area contributed by atoms with Crippen molar-refractivity contribution in [3.05, 3.63) is 84.1 Å². The molecule has 0 aliphatic carbocycles. The molecule has 3 heterocycles. The Bertz CT molecular complexity index is 1240. The second kappa shape index (κ2) is 8.96. The summed E-state index contributed by atoms with van der Waals surface area (Å²) in [7, 11) is -3.51. The normalized spacial score (nSPS) is 19.2. The molecule has 1 aromatic heterocycles. The topological polar surface area (TPSA) is 82.6 Å². The number of hydrogen-bond acceptors (Lipinski definition) is 5. The Hall–Kier alpha value is -3.23. The zero-order valence-corrected chi connectivity index (χ0v) is 19.0. The lowest BCUT2D eigenvalue weighted by Gasteiger charge is -2.26. The molecule has 0 bridgehead atoms. The first-order valence-electron chi connectivity index (χ1n) is 11.3. The third-order valence-electron chi connectivity index (χ3n) is 6.22. The Morgan fingerprint density at radius 2 is 1.55 bits per heavy atom. The number of rotatable bonds is 5. The zero-order chi connectivity index (χ0) is 22.8. The first kappa shape index (κ1) is 21.6. The second-order valence-corrected chi connectivity index (χ2v) is 10.3. The van der Waals surface area contributed by atoms with E-state index in [9.17, 15) is 13.2 Å². The molecular weight excluding hydrogens is 436 g/mol. The number of carbonyl (C=O) groups is 1. The number of aromatic nitrogens is 1. The molecule has 2 aromatic carbocycles. The van der Waals surface area contributed by atoms with Crippen LogP contribution in [0.3, 0.4) is 0 Å². The van der Waals surface area contributed by atoms with Crippen molar-refractivity contribution in [3.63, 3.8) is 0 Å². The Kier molecular flexibility index (Phi) is 5.86. The van der Waals surface area contributed by atoms with Gasteiger partial charge in [0.15, 0.2) is 0 Å². The molecule has 170 valence electrons. The van der Waals surface area contributed by atoms with Crippen LogP contribution in [0.25, 0.3) is 0 Å². The number of benzene rings is 2. The van der Waals surface area contributed by atoms with Crippen molar-refractivity contribution in [2.45, 2.75) is 36.7 Å². The molecule has 2 aliphatic rings. The summed E-state index contributed by atoms with van der Waals surface area (Å²) < 4.78 is 27.8. The van der Waals surface area contributed by atoms with Crippen molar-refractivity contribution in [1.82, 2.24) is 9.29 Å². The highest BCUT2D eigenvalue weighted by molar-refractivity contribution is 7.89. The molecule has 7 nitrogen and oxygen atoms in total. The monoisotopic (exact) mass is 462 g/mol. The van der Waals surface area contributed by atoms with Crippen LogP contribution in [0.5, 0.6) is 0 Å². The summed E-state index contributed by atoms with van der Waals surface area (Å²) in [6, 6.07) is 19.7. The molecule has 8 heteroatoms. The van der Waals surface area contributed by atoms with Crippen LogP contribution in [0.2, 0.25) is 0 Å². The van der Waals surface area contributed by atoms with Gasteiger partial charge in [-0.3, -0.25) is 9.69 Å². The highest BCUT2D eigenvalue weighted by atomic mass is 32.2. The maximum Gasteiger partial charge on any atom is 0.261 e. The third kappa shape index (κ3) is 4.12. The molecule has 0 spiro atoms. The average Bonchev–Trinajstić information content (AvgIpc) is 3.01. The fourth-order valence-corrected chi connectivity index (χ4v) is 6.02. The quantitative estimate of drug-likeness (QED) is 0.607. The molecule has 1 N–H and O–H groups in total. The average molecular weight is 463 g/mol. The van der Waals surface area contributed by atoms with Gasteiger partial charge in [0.1, 0.15) is 12.0 Å². The number of sulfonamides is 1. The second-order valence-electron chi connectivity index (χ2n) is 8.34. The predicted molar refractivity (Wildman–Crippen MR) is 128 cm³/mol. The molecule has 33 heavy (non-hydrogen) atoms. The Labute approximate surface area is 194 Å². The summed E-state index contributed by atoms with van der Waals surface area (Å²) in [5.41, 5.74) is 2.20. The lowest BCUT2D eigenvalue weighted by atomic mass is 10.1. The molecule has 3 aromatic rings. The maximum absolute atomic E-state index is 13.1. The van der Waals surface area contributed by atoms with Gasteiger partial charge in [-0.2, -0.15) is 4.31 Å². The van der Waals surface area contributed by atoms with Gasteiger partial charge in [-0.25, -0.2) is 13.4 Å². The van der Waals surface area contributed by atoms with Gasteiger partial charge >= 0.3 is 0 Å². The Morgan fingerprint density at radius 1 is 0.848 bits per heavy atom. The summed E-state index contributed by atoms with van der Waals surface area (Å²) in [6.45, 7) is 1.14. The highest BCUT2D eigenvalue weighted by Crippen LogP contribution is 2.37. The predicted octanol–water partition coefficient (Wildman–Crippen LogP) is 4.42. The molecule has 1 amide bonds. The smallest absolute Gasteiger partial charge is 0.261 e. The third-order valence-corrected chi connectivity index (χ3v) is 8.13. The van der Waals surface area contributed by atoms with Crippen LogP contribution in [-0.2, 0) is 10.0 Å². The van der Waals surface area contributed by atoms with Crippen LogP contribution >= 0.6 is 0 Å². The van der Waals surface area contributed by atoms with Crippen molar-refractivity contribution in [2.75, 3.05) is 23.3 Å². The lowest BCUT2D eigenvalue weighted by Crippen LogP contribution is -2.33. The number of anilines is 2. The van der Waals surface area contributed by atoms with E-state index in [0.717, 1.165) is 36.9 Å². The van der Waals surface area contributed by atoms with Crippen LogP contribution in [0.4, 0.5) is 11.5 Å². The molecule has 1 atom stereocenters. The van der Waals surface area contributed by atoms with E-state index >= 15 is 0 Å². The van der Waals surface area contributed by atoms with E-state index in [4.69, 9.17) is 0 Å². The van der Waals surface area contributed by atoms with Gasteiger partial charge in [-0.1, -0.05) is 37.1 Å². The van der Waals surface area contributed by atoms with Crippen molar-refractivity contribution < 1.29 is 13.2 Å². The van der Waals surface area contributed by atoms with Crippen molar-refractivity contribution >= 4 is 27.4 Å². The molecular formula is C25H26N4O3S. The first-order valence-corrected chi connectivity index (χ1v) is 12.7. The minimum Gasteiger partial charge on any atom is -0.361 e. The van der Waals surface area contributed by atoms with Gasteiger partial charge < -0.3 is 5.32 Å². The fraction of sp³-hybridized carbons (Fsp3) is 0.280. The van der Waals surface area contributed by atoms with Crippen molar-refractivity contribution in [2.24, 2.45) is 0 Å². The summed E-state index contributed by atoms with van der Waals surface area (Å²) >= 11 is 0. The van der Waals surface area contributed by atoms with E-state index < -0.39 is 16.2 Å². The van der Waals surface area contributed by atoms with Crippen LogP contribution in [-0.4, -0.2) is 36.7 Å². The van der Waals surface area contributed by atoms with Gasteiger partial charge in [0.2, 0.25) is 10.0 Å². The standard InChI is InChI=1S/C25H26N4O3S/c30-25-22-10-4-3-9-21(22)24(29(25)23-11-5-6-16-26-23)27-19-12-14-20(15-13-19)33(31,32)28-17-7-1-2-8-18-28/h3-6,9-16,24,27H,1-2,7-8,17-18H2/t24-/m0/s1. The number of amides is 1. The van der Waals surface area contributed by atoms with Gasteiger partial charge in [0.05, 0.1) is 4.90 Å². The van der Waals surface area contributed by atoms with Gasteiger partial charge in [-0.05, 0) is 55.3 Å². The van der Waals surface area contributed by atoms with Crippen LogP contribution < -0.4 is 10.2 Å². The van der Waals surface area contributed by atoms with E-state index in [2.05, 4.69) is 10.3 Å². The summed E-state index contributed by atoms with van der Waals surface area (Å²) in [5.74, 6) is 0.429. The lowest BCUT2D eigenvalue weighted by molar-refractivity contribution is 0.0992. The molecule has 2 aliphatic heterocycles. The Morgan fingerprint density at radius 3 is 2.24 bits per heavy atom. The van der Waals surface area contributed by atoms with Crippen LogP contribution in [0, 0.1) is 0 Å². The fourth-order valence-electron chi connectivity index (χ4n) is 4.50. The van der Waals surface area contributed by atoms with Gasteiger partial charge in [0, 0.05) is 36.1 Å². The molecule has 0 saturated carbocycles. The number of pyridine rings is 1. The Balaban J connectivity index is 1.42. The van der Waals surface area contributed by atoms with Crippen molar-refractivity contribution in [1.29, 1.82) is 0 Å². The van der Waals surface area contributed by atoms with Crippen LogP contribution in [0.1, 0.15) is 47.8 Å². The van der Waals surface area contributed by atoms with E-state index in [-0.39, 0.29) is 5.91 Å². The van der Waals surface area contributed by atoms with E-state index in [1.807, 2.05) is 36.4 Å². The van der Waals surface area contributed by atoms with Gasteiger partial charge in [-0.15, -0.1) is 0 Å². The molecule has 0 unspecified atom stereocenters. The SMILES string of the molecule is O=C1c2ccccc2[C@@H](Nc2ccc(S(=O)(=O)N3CCCCCC3)cc2)N1c1ccccn1. The minimum atomic E-state index is -3.51. The number of carbonyl (C=O) groups excluding carboxylic acids is 1. The summed E-state index contributed by atoms with van der Waals surface area (Å²) in [4.78, 5) is 19.4. The molecule has 0 radical (unpaired) electrons. The van der Waals surface area contributed by atoms with E-state index in [0.29, 0.717) is 29.4 Å². The zero-order valence-electron chi connectivity index (χ0n) is 18.2. The first-order chi connectivity index (χ1) is 16.1. The molecule has 5 rings (SSSR count). The number of fused-ring (bicyclic) bond motifs is 1. The molecule has 1 fully saturated rings. The molecule has 1 saturated heterocycles. The minimum absolute atomic E-state index is 0.123. The highest BCUT2D eigenvalue weighted by Gasteiger charge is 2.38. The maximum atomic E-state index is 13.1. The largest absolute Gasteiger partial charge is 0.361 e. The van der Waals surface area contributed by atoms with Gasteiger partial charge in [0.25, 0.3) is 5.91 Å². The van der Waals surface area contributed by atoms with Crippen LogP contribution in [0.15, 0.2) is 77.8 Å². The summed E-state index contributed by atoms with van der Waals surface area (Å²) in [6.07, 6.45) is 5.16. The van der Waals surface area contributed by atoms with E-state index in [1.165, 1.54) is 0 Å². The van der Waals surface area contributed by atoms with Crippen molar-refractivity contribution in [3.8, 4) is 0 Å². The summed E-state index contributed by atoms with van der Waals surface area (Å²) in [5, 5.41) is 3.40. The number of nitrogens with zero attached hydrogens (tertiary/aromatic N) is 3. The van der Waals surface area contributed by atoms with E-state index in [1.54, 1.807) is 45.7 Å². The number of nitrogens with one attached hydrogen (secondary N) is 1. The number of hydrogen-bond donors (Lipinski definition) is 1.